The highest BCUT2D eigenvalue weighted by atomic mass is 127. The number of aromatic carboxylic acids is 1. The summed E-state index contributed by atoms with van der Waals surface area (Å²) >= 11 is 1.49. The summed E-state index contributed by atoms with van der Waals surface area (Å²) < 4.78 is 44.5. The van der Waals surface area contributed by atoms with Crippen LogP contribution >= 0.6 is 22.6 Å². The van der Waals surface area contributed by atoms with Crippen LogP contribution in [0, 0.1) is 3.57 Å². The lowest BCUT2D eigenvalue weighted by Crippen LogP contribution is -2.20. The number of hydrogen-bond acceptors (Lipinski definition) is 4. The highest BCUT2D eigenvalue weighted by molar-refractivity contribution is 14.1. The van der Waals surface area contributed by atoms with Crippen molar-refractivity contribution in [2.24, 2.45) is 0 Å². The lowest BCUT2D eigenvalue weighted by Gasteiger charge is -2.14. The quantitative estimate of drug-likeness (QED) is 0.835. The van der Waals surface area contributed by atoms with Gasteiger partial charge in [0.2, 0.25) is 5.88 Å². The Balaban J connectivity index is 3.39. The van der Waals surface area contributed by atoms with Gasteiger partial charge in [0.05, 0.1) is 10.7 Å². The van der Waals surface area contributed by atoms with E-state index in [-0.39, 0.29) is 3.57 Å². The normalized spacial score (nSPS) is 11.1. The summed E-state index contributed by atoms with van der Waals surface area (Å²) in [5, 5.41) is 8.83. The van der Waals surface area contributed by atoms with Crippen LogP contribution in [-0.4, -0.2) is 29.5 Å². The minimum absolute atomic E-state index is 0.0851. The predicted molar refractivity (Wildman–Crippen MR) is 57.1 cm³/mol. The van der Waals surface area contributed by atoms with E-state index in [1.54, 1.807) is 0 Å². The number of ether oxygens (including phenoxy) is 2. The molecule has 94 valence electrons. The lowest BCUT2D eigenvalue weighted by molar-refractivity contribution is -0.275. The van der Waals surface area contributed by atoms with Crippen molar-refractivity contribution in [3.05, 3.63) is 15.3 Å². The third-order valence-corrected chi connectivity index (χ3v) is 2.35. The number of rotatable bonds is 3. The van der Waals surface area contributed by atoms with Crippen LogP contribution in [0.15, 0.2) is 6.20 Å². The van der Waals surface area contributed by atoms with E-state index >= 15 is 0 Å². The highest BCUT2D eigenvalue weighted by Crippen LogP contribution is 2.34. The number of carboxylic acid groups (broad SMARTS) is 1. The number of nitrogens with zero attached hydrogens (tertiary/aromatic N) is 1. The molecule has 0 aliphatic heterocycles. The fourth-order valence-electron chi connectivity index (χ4n) is 1.01. The van der Waals surface area contributed by atoms with Crippen molar-refractivity contribution in [3.63, 3.8) is 0 Å². The van der Waals surface area contributed by atoms with Crippen molar-refractivity contribution in [1.82, 2.24) is 4.98 Å². The first-order chi connectivity index (χ1) is 7.76. The maximum Gasteiger partial charge on any atom is 0.573 e. The Morgan fingerprint density at radius 3 is 2.53 bits per heavy atom. The molecule has 0 saturated carbocycles. The van der Waals surface area contributed by atoms with E-state index in [0.717, 1.165) is 13.3 Å². The van der Waals surface area contributed by atoms with Gasteiger partial charge in [-0.05, 0) is 22.6 Å². The van der Waals surface area contributed by atoms with E-state index < -0.39 is 29.5 Å². The molecular weight excluding hydrogens is 358 g/mol. The molecule has 5 nitrogen and oxygen atoms in total. The number of halogens is 4. The van der Waals surface area contributed by atoms with Gasteiger partial charge in [-0.25, -0.2) is 9.78 Å². The number of aromatic nitrogens is 1. The van der Waals surface area contributed by atoms with Crippen LogP contribution in [0.3, 0.4) is 0 Å². The maximum absolute atomic E-state index is 12.1. The molecule has 0 unspecified atom stereocenters. The van der Waals surface area contributed by atoms with E-state index in [9.17, 15) is 18.0 Å². The second kappa shape index (κ2) is 4.94. The Morgan fingerprint density at radius 1 is 1.53 bits per heavy atom. The van der Waals surface area contributed by atoms with Gasteiger partial charge in [-0.1, -0.05) is 0 Å². The Hall–Kier alpha value is -1.26. The Morgan fingerprint density at radius 2 is 2.12 bits per heavy atom. The number of hydrogen-bond donors (Lipinski definition) is 1. The molecule has 1 aromatic heterocycles. The van der Waals surface area contributed by atoms with Gasteiger partial charge < -0.3 is 14.6 Å². The Bertz CT molecular complexity index is 449. The monoisotopic (exact) mass is 363 g/mol. The summed E-state index contributed by atoms with van der Waals surface area (Å²) in [6.07, 6.45) is -3.97. The molecule has 1 heterocycles. The molecule has 9 heteroatoms. The van der Waals surface area contributed by atoms with E-state index in [0.29, 0.717) is 0 Å². The number of pyridine rings is 1. The Labute approximate surface area is 107 Å². The molecule has 0 amide bonds. The van der Waals surface area contributed by atoms with Gasteiger partial charge in [0, 0.05) is 6.20 Å². The fourth-order valence-corrected chi connectivity index (χ4v) is 1.53. The summed E-state index contributed by atoms with van der Waals surface area (Å²) in [4.78, 5) is 14.4. The first kappa shape index (κ1) is 13.8. The van der Waals surface area contributed by atoms with Crippen LogP contribution < -0.4 is 9.47 Å². The molecule has 1 N–H and O–H groups in total. The van der Waals surface area contributed by atoms with Crippen molar-refractivity contribution in [1.29, 1.82) is 0 Å². The van der Waals surface area contributed by atoms with Crippen molar-refractivity contribution in [3.8, 4) is 11.6 Å². The van der Waals surface area contributed by atoms with Gasteiger partial charge in [0.25, 0.3) is 0 Å². The first-order valence-electron chi connectivity index (χ1n) is 3.97. The number of carboxylic acids is 1. The van der Waals surface area contributed by atoms with E-state index in [1.807, 2.05) is 0 Å². The molecule has 0 saturated heterocycles. The average molecular weight is 363 g/mol. The van der Waals surface area contributed by atoms with Crippen molar-refractivity contribution in [2.45, 2.75) is 6.36 Å². The maximum atomic E-state index is 12.1. The van der Waals surface area contributed by atoms with Gasteiger partial charge >= 0.3 is 12.3 Å². The molecule has 0 aliphatic rings. The number of alkyl halides is 3. The second-order valence-corrected chi connectivity index (χ2v) is 3.83. The zero-order valence-electron chi connectivity index (χ0n) is 8.21. The minimum Gasteiger partial charge on any atom is -0.480 e. The standard InChI is InChI=1S/C8H5F3INO4/c1-16-6-4(7(14)15)5(3(12)2-13-6)17-8(9,10)11/h2H,1H3,(H,14,15). The highest BCUT2D eigenvalue weighted by Gasteiger charge is 2.35. The Kier molecular flexibility index (Phi) is 4.01. The summed E-state index contributed by atoms with van der Waals surface area (Å²) in [6.45, 7) is 0. The molecule has 0 radical (unpaired) electrons. The third kappa shape index (κ3) is 3.35. The number of carbonyl (C=O) groups is 1. The molecule has 0 bridgehead atoms. The van der Waals surface area contributed by atoms with Gasteiger partial charge in [-0.2, -0.15) is 0 Å². The largest absolute Gasteiger partial charge is 0.573 e. The zero-order valence-corrected chi connectivity index (χ0v) is 10.4. The summed E-state index contributed by atoms with van der Waals surface area (Å²) in [6, 6.07) is 0. The van der Waals surface area contributed by atoms with Crippen molar-refractivity contribution >= 4 is 28.6 Å². The predicted octanol–water partition coefficient (Wildman–Crippen LogP) is 2.29. The molecule has 0 spiro atoms. The second-order valence-electron chi connectivity index (χ2n) is 2.67. The van der Waals surface area contributed by atoms with Gasteiger partial charge in [0.1, 0.15) is 0 Å². The third-order valence-electron chi connectivity index (χ3n) is 1.58. The van der Waals surface area contributed by atoms with Crippen LogP contribution in [0.2, 0.25) is 0 Å². The molecular formula is C8H5F3INO4. The summed E-state index contributed by atoms with van der Waals surface area (Å²) in [7, 11) is 1.10. The van der Waals surface area contributed by atoms with Crippen LogP contribution in [-0.2, 0) is 0 Å². The van der Waals surface area contributed by atoms with Crippen LogP contribution in [0.4, 0.5) is 13.2 Å². The topological polar surface area (TPSA) is 68.7 Å². The van der Waals surface area contributed by atoms with E-state index in [1.165, 1.54) is 22.6 Å². The zero-order chi connectivity index (χ0) is 13.2. The fraction of sp³-hybridized carbons (Fsp3) is 0.250. The van der Waals surface area contributed by atoms with Gasteiger partial charge in [-0.3, -0.25) is 0 Å². The van der Waals surface area contributed by atoms with Crippen LogP contribution in [0.25, 0.3) is 0 Å². The van der Waals surface area contributed by atoms with E-state index in [2.05, 4.69) is 14.5 Å². The number of methoxy groups -OCH3 is 1. The van der Waals surface area contributed by atoms with Gasteiger partial charge in [0.15, 0.2) is 11.3 Å². The molecule has 1 rings (SSSR count). The van der Waals surface area contributed by atoms with Gasteiger partial charge in [-0.15, -0.1) is 13.2 Å². The molecule has 0 aromatic carbocycles. The molecule has 0 aliphatic carbocycles. The average Bonchev–Trinajstić information content (AvgIpc) is 2.18. The smallest absolute Gasteiger partial charge is 0.480 e. The van der Waals surface area contributed by atoms with Crippen LogP contribution in [0.5, 0.6) is 11.6 Å². The van der Waals surface area contributed by atoms with Crippen molar-refractivity contribution in [2.75, 3.05) is 7.11 Å². The summed E-state index contributed by atoms with van der Waals surface area (Å²) in [5.74, 6) is -2.90. The first-order valence-corrected chi connectivity index (χ1v) is 5.05. The lowest BCUT2D eigenvalue weighted by atomic mass is 10.2. The minimum atomic E-state index is -4.99. The van der Waals surface area contributed by atoms with Crippen molar-refractivity contribution < 1.29 is 32.5 Å². The molecule has 1 aromatic rings. The molecule has 0 fully saturated rings. The van der Waals surface area contributed by atoms with Crippen LogP contribution in [0.1, 0.15) is 10.4 Å². The molecule has 17 heavy (non-hydrogen) atoms. The molecule has 0 atom stereocenters. The van der Waals surface area contributed by atoms with E-state index in [4.69, 9.17) is 5.11 Å². The SMILES string of the molecule is COc1ncc(I)c(OC(F)(F)F)c1C(=O)O. The summed E-state index contributed by atoms with van der Waals surface area (Å²) in [5.41, 5.74) is -0.767.